The molecule has 2 aromatic rings. The highest BCUT2D eigenvalue weighted by Gasteiger charge is 2.15. The van der Waals surface area contributed by atoms with Crippen LogP contribution in [-0.4, -0.2) is 25.8 Å². The first kappa shape index (κ1) is 9.01. The van der Waals surface area contributed by atoms with Crippen LogP contribution in [0.2, 0.25) is 0 Å². The van der Waals surface area contributed by atoms with Crippen LogP contribution in [0.25, 0.3) is 0 Å². The zero-order valence-corrected chi connectivity index (χ0v) is 8.58. The predicted molar refractivity (Wildman–Crippen MR) is 51.3 cm³/mol. The van der Waals surface area contributed by atoms with Crippen molar-refractivity contribution in [3.05, 3.63) is 28.0 Å². The maximum atomic E-state index is 11.8. The van der Waals surface area contributed by atoms with Crippen molar-refractivity contribution in [2.45, 2.75) is 6.92 Å². The van der Waals surface area contributed by atoms with E-state index in [1.54, 1.807) is 13.2 Å². The molecule has 0 saturated carbocycles. The van der Waals surface area contributed by atoms with Crippen LogP contribution in [0.5, 0.6) is 0 Å². The molecule has 0 aromatic carbocycles. The van der Waals surface area contributed by atoms with Gasteiger partial charge in [0.05, 0.1) is 16.1 Å². The molecule has 0 aliphatic rings. The molecule has 0 radical (unpaired) electrons. The van der Waals surface area contributed by atoms with Crippen LogP contribution in [0.3, 0.4) is 0 Å². The summed E-state index contributed by atoms with van der Waals surface area (Å²) in [4.78, 5) is 16.5. The van der Waals surface area contributed by atoms with E-state index in [2.05, 4.69) is 15.3 Å². The van der Waals surface area contributed by atoms with Gasteiger partial charge in [0.2, 0.25) is 5.78 Å². The third-order valence-corrected chi connectivity index (χ3v) is 2.70. The van der Waals surface area contributed by atoms with E-state index < -0.39 is 0 Å². The van der Waals surface area contributed by atoms with E-state index in [1.807, 2.05) is 6.92 Å². The minimum Gasteiger partial charge on any atom is -0.286 e. The van der Waals surface area contributed by atoms with Crippen LogP contribution in [0.4, 0.5) is 0 Å². The molecule has 0 spiro atoms. The van der Waals surface area contributed by atoms with Gasteiger partial charge in [-0.2, -0.15) is 0 Å². The smallest absolute Gasteiger partial charge is 0.224 e. The van der Waals surface area contributed by atoms with Gasteiger partial charge in [0.25, 0.3) is 0 Å². The van der Waals surface area contributed by atoms with Crippen LogP contribution in [-0.2, 0) is 7.05 Å². The first-order valence-corrected chi connectivity index (χ1v) is 4.82. The van der Waals surface area contributed by atoms with Crippen molar-refractivity contribution < 1.29 is 4.79 Å². The van der Waals surface area contributed by atoms with Crippen LogP contribution in [0.15, 0.2) is 12.4 Å². The van der Waals surface area contributed by atoms with Crippen molar-refractivity contribution in [2.24, 2.45) is 7.05 Å². The highest BCUT2D eigenvalue weighted by molar-refractivity contribution is 7.13. The van der Waals surface area contributed by atoms with Gasteiger partial charge < -0.3 is 0 Å². The Hall–Kier alpha value is -1.56. The fourth-order valence-electron chi connectivity index (χ4n) is 1.09. The summed E-state index contributed by atoms with van der Waals surface area (Å²) in [5.41, 5.74) is 0.480. The molecule has 2 heterocycles. The molecule has 72 valence electrons. The quantitative estimate of drug-likeness (QED) is 0.685. The Kier molecular flexibility index (Phi) is 2.12. The Bertz CT molecular complexity index is 473. The van der Waals surface area contributed by atoms with E-state index in [-0.39, 0.29) is 5.78 Å². The lowest BCUT2D eigenvalue weighted by Gasteiger charge is -1.94. The van der Waals surface area contributed by atoms with Crippen LogP contribution in [0.1, 0.15) is 20.4 Å². The van der Waals surface area contributed by atoms with Crippen LogP contribution >= 0.6 is 11.3 Å². The summed E-state index contributed by atoms with van der Waals surface area (Å²) in [5, 5.41) is 8.23. The fourth-order valence-corrected chi connectivity index (χ4v) is 1.81. The number of hydrogen-bond donors (Lipinski definition) is 0. The second-order valence-electron chi connectivity index (χ2n) is 2.82. The lowest BCUT2D eigenvalue weighted by molar-refractivity contribution is 0.103. The van der Waals surface area contributed by atoms with Crippen molar-refractivity contribution in [1.82, 2.24) is 20.0 Å². The molecule has 0 atom stereocenters. The summed E-state index contributed by atoms with van der Waals surface area (Å²) < 4.78 is 1.46. The van der Waals surface area contributed by atoms with Gasteiger partial charge in [-0.25, -0.2) is 9.67 Å². The maximum absolute atomic E-state index is 11.8. The molecule has 2 aromatic heterocycles. The SMILES string of the molecule is Cc1ncc(C(=O)c2cnnn2C)s1. The molecular formula is C8H8N4OS. The molecule has 0 bridgehead atoms. The first-order chi connectivity index (χ1) is 6.68. The molecule has 0 aliphatic carbocycles. The Labute approximate surface area is 84.4 Å². The lowest BCUT2D eigenvalue weighted by Crippen LogP contribution is -2.06. The minimum absolute atomic E-state index is 0.0805. The van der Waals surface area contributed by atoms with Gasteiger partial charge in [-0.05, 0) is 6.92 Å². The first-order valence-electron chi connectivity index (χ1n) is 4.00. The number of nitrogens with zero attached hydrogens (tertiary/aromatic N) is 4. The van der Waals surface area contributed by atoms with Crippen molar-refractivity contribution >= 4 is 17.1 Å². The van der Waals surface area contributed by atoms with E-state index in [1.165, 1.54) is 22.2 Å². The maximum Gasteiger partial charge on any atom is 0.224 e. The molecule has 0 amide bonds. The van der Waals surface area contributed by atoms with Gasteiger partial charge in [0.1, 0.15) is 5.69 Å². The molecule has 2 rings (SSSR count). The monoisotopic (exact) mass is 208 g/mol. The zero-order chi connectivity index (χ0) is 10.1. The van der Waals surface area contributed by atoms with E-state index in [0.717, 1.165) is 5.01 Å². The average molecular weight is 208 g/mol. The second-order valence-corrected chi connectivity index (χ2v) is 4.05. The van der Waals surface area contributed by atoms with Gasteiger partial charge >= 0.3 is 0 Å². The largest absolute Gasteiger partial charge is 0.286 e. The minimum atomic E-state index is -0.0805. The van der Waals surface area contributed by atoms with E-state index in [0.29, 0.717) is 10.6 Å². The summed E-state index contributed by atoms with van der Waals surface area (Å²) in [5.74, 6) is -0.0805. The summed E-state index contributed by atoms with van der Waals surface area (Å²) in [6.07, 6.45) is 3.03. The van der Waals surface area contributed by atoms with Crippen LogP contribution in [0, 0.1) is 6.92 Å². The third kappa shape index (κ3) is 1.44. The molecule has 0 N–H and O–H groups in total. The lowest BCUT2D eigenvalue weighted by atomic mass is 10.3. The van der Waals surface area contributed by atoms with E-state index >= 15 is 0 Å². The Morgan fingerprint density at radius 2 is 2.29 bits per heavy atom. The molecule has 6 heteroatoms. The van der Waals surface area contributed by atoms with Crippen molar-refractivity contribution in [1.29, 1.82) is 0 Å². The Morgan fingerprint density at radius 1 is 1.50 bits per heavy atom. The molecule has 0 unspecified atom stereocenters. The number of rotatable bonds is 2. The fraction of sp³-hybridized carbons (Fsp3) is 0.250. The standard InChI is InChI=1S/C8H8N4OS/c1-5-9-4-7(14-5)8(13)6-3-10-11-12(6)2/h3-4H,1-2H3. The van der Waals surface area contributed by atoms with Crippen LogP contribution < -0.4 is 0 Å². The molecular weight excluding hydrogens is 200 g/mol. The normalized spacial score (nSPS) is 10.4. The number of thiazole rings is 1. The number of hydrogen-bond acceptors (Lipinski definition) is 5. The molecule has 0 saturated heterocycles. The van der Waals surface area contributed by atoms with Gasteiger partial charge in [-0.15, -0.1) is 16.4 Å². The van der Waals surface area contributed by atoms with Crippen molar-refractivity contribution in [3.8, 4) is 0 Å². The second kappa shape index (κ2) is 3.30. The van der Waals surface area contributed by atoms with Gasteiger partial charge in [-0.1, -0.05) is 5.21 Å². The summed E-state index contributed by atoms with van der Waals surface area (Å²) in [6, 6.07) is 0. The third-order valence-electron chi connectivity index (χ3n) is 1.79. The zero-order valence-electron chi connectivity index (χ0n) is 7.76. The van der Waals surface area contributed by atoms with Gasteiger partial charge in [0, 0.05) is 13.2 Å². The number of aryl methyl sites for hydroxylation is 2. The van der Waals surface area contributed by atoms with E-state index in [9.17, 15) is 4.79 Å². The van der Waals surface area contributed by atoms with Crippen molar-refractivity contribution in [3.63, 3.8) is 0 Å². The number of carbonyl (C=O) groups is 1. The highest BCUT2D eigenvalue weighted by atomic mass is 32.1. The molecule has 5 nitrogen and oxygen atoms in total. The summed E-state index contributed by atoms with van der Waals surface area (Å²) in [7, 11) is 1.69. The average Bonchev–Trinajstić information content (AvgIpc) is 2.73. The molecule has 0 fully saturated rings. The number of aromatic nitrogens is 4. The summed E-state index contributed by atoms with van der Waals surface area (Å²) >= 11 is 1.37. The molecule has 0 aliphatic heterocycles. The summed E-state index contributed by atoms with van der Waals surface area (Å²) in [6.45, 7) is 1.86. The number of carbonyl (C=O) groups excluding carboxylic acids is 1. The Balaban J connectivity index is 2.38. The molecule has 14 heavy (non-hydrogen) atoms. The van der Waals surface area contributed by atoms with Crippen molar-refractivity contribution in [2.75, 3.05) is 0 Å². The van der Waals surface area contributed by atoms with Gasteiger partial charge in [-0.3, -0.25) is 4.79 Å². The number of ketones is 1. The van der Waals surface area contributed by atoms with Gasteiger partial charge in [0.15, 0.2) is 0 Å². The highest BCUT2D eigenvalue weighted by Crippen LogP contribution is 2.15. The Morgan fingerprint density at radius 3 is 2.79 bits per heavy atom. The predicted octanol–water partition coefficient (Wildman–Crippen LogP) is 0.811. The topological polar surface area (TPSA) is 60.7 Å². The van der Waals surface area contributed by atoms with E-state index in [4.69, 9.17) is 0 Å².